The van der Waals surface area contributed by atoms with Crippen molar-refractivity contribution in [1.82, 2.24) is 14.9 Å². The van der Waals surface area contributed by atoms with E-state index in [4.69, 9.17) is 9.97 Å². The fraction of sp³-hybridized carbons (Fsp3) is 0.700. The van der Waals surface area contributed by atoms with Crippen LogP contribution in [0.2, 0.25) is 0 Å². The third-order valence-corrected chi connectivity index (χ3v) is 7.01. The van der Waals surface area contributed by atoms with Gasteiger partial charge in [-0.2, -0.15) is 0 Å². The maximum absolute atomic E-state index is 4.93. The van der Waals surface area contributed by atoms with Crippen LogP contribution in [0.3, 0.4) is 0 Å². The van der Waals surface area contributed by atoms with Crippen molar-refractivity contribution in [1.29, 1.82) is 0 Å². The number of nitrogens with zero attached hydrogens (tertiary/aromatic N) is 4. The van der Waals surface area contributed by atoms with Crippen LogP contribution in [0.15, 0.2) is 6.07 Å². The van der Waals surface area contributed by atoms with E-state index < -0.39 is 0 Å². The Kier molecular flexibility index (Phi) is 5.23. The average Bonchev–Trinajstić information content (AvgIpc) is 3.11. The van der Waals surface area contributed by atoms with Gasteiger partial charge in [-0.05, 0) is 25.3 Å². The lowest BCUT2D eigenvalue weighted by Gasteiger charge is -2.41. The molecule has 5 heteroatoms. The lowest BCUT2D eigenvalue weighted by atomic mass is 9.94. The van der Waals surface area contributed by atoms with E-state index in [0.717, 1.165) is 37.8 Å². The quantitative estimate of drug-likeness (QED) is 0.817. The average molecular weight is 359 g/mol. The van der Waals surface area contributed by atoms with Crippen LogP contribution in [0.1, 0.15) is 56.7 Å². The van der Waals surface area contributed by atoms with Crippen molar-refractivity contribution in [3.8, 4) is 0 Å². The standard InChI is InChI=1S/C20H30N4S/c1-3-16-14-17-19(21-18(4-2)22-20(17)25-16)24-12-10-23(11-13-24)15-8-6-5-7-9-15/h14-15H,3-13H2,1-2H3. The number of aromatic nitrogens is 2. The molecule has 1 saturated carbocycles. The zero-order chi connectivity index (χ0) is 17.2. The zero-order valence-corrected chi connectivity index (χ0v) is 16.4. The van der Waals surface area contributed by atoms with Crippen LogP contribution in [-0.4, -0.2) is 47.1 Å². The van der Waals surface area contributed by atoms with E-state index in [1.54, 1.807) is 0 Å². The molecule has 0 amide bonds. The van der Waals surface area contributed by atoms with E-state index in [1.165, 1.54) is 66.1 Å². The van der Waals surface area contributed by atoms with Crippen LogP contribution in [0.25, 0.3) is 10.2 Å². The Hall–Kier alpha value is -1.20. The number of aryl methyl sites for hydroxylation is 2. The molecule has 3 heterocycles. The number of rotatable bonds is 4. The fourth-order valence-electron chi connectivity index (χ4n) is 4.32. The summed E-state index contributed by atoms with van der Waals surface area (Å²) in [5, 5.41) is 1.27. The molecule has 2 fully saturated rings. The van der Waals surface area contributed by atoms with Gasteiger partial charge in [-0.3, -0.25) is 4.90 Å². The SMILES string of the molecule is CCc1nc(N2CCN(C3CCCCC3)CC2)c2cc(CC)sc2n1. The maximum Gasteiger partial charge on any atom is 0.141 e. The fourth-order valence-corrected chi connectivity index (χ4v) is 5.30. The van der Waals surface area contributed by atoms with Crippen molar-refractivity contribution < 1.29 is 0 Å². The van der Waals surface area contributed by atoms with Crippen molar-refractivity contribution in [2.45, 2.75) is 64.8 Å². The molecule has 0 bridgehead atoms. The first-order valence-corrected chi connectivity index (χ1v) is 10.9. The molecule has 4 rings (SSSR count). The van der Waals surface area contributed by atoms with Gasteiger partial charge in [-0.15, -0.1) is 11.3 Å². The van der Waals surface area contributed by atoms with E-state index in [2.05, 4.69) is 29.7 Å². The van der Waals surface area contributed by atoms with E-state index in [1.807, 2.05) is 11.3 Å². The molecular weight excluding hydrogens is 328 g/mol. The van der Waals surface area contributed by atoms with Gasteiger partial charge in [0.2, 0.25) is 0 Å². The summed E-state index contributed by atoms with van der Waals surface area (Å²) in [6, 6.07) is 3.16. The van der Waals surface area contributed by atoms with Gasteiger partial charge in [0, 0.05) is 43.5 Å². The van der Waals surface area contributed by atoms with Gasteiger partial charge in [0.05, 0.1) is 5.39 Å². The molecule has 0 radical (unpaired) electrons. The minimum Gasteiger partial charge on any atom is -0.353 e. The molecule has 25 heavy (non-hydrogen) atoms. The van der Waals surface area contributed by atoms with Crippen LogP contribution >= 0.6 is 11.3 Å². The lowest BCUT2D eigenvalue weighted by molar-refractivity contribution is 0.148. The largest absolute Gasteiger partial charge is 0.353 e. The summed E-state index contributed by atoms with van der Waals surface area (Å²) in [6.45, 7) is 8.94. The summed E-state index contributed by atoms with van der Waals surface area (Å²) >= 11 is 1.84. The molecule has 1 aliphatic heterocycles. The summed E-state index contributed by atoms with van der Waals surface area (Å²) in [6.07, 6.45) is 9.08. The Balaban J connectivity index is 1.54. The molecule has 2 aromatic rings. The van der Waals surface area contributed by atoms with Gasteiger partial charge in [-0.25, -0.2) is 9.97 Å². The van der Waals surface area contributed by atoms with Crippen molar-refractivity contribution in [3.05, 3.63) is 16.8 Å². The maximum atomic E-state index is 4.93. The van der Waals surface area contributed by atoms with E-state index in [9.17, 15) is 0 Å². The number of hydrogen-bond donors (Lipinski definition) is 0. The molecule has 0 atom stereocenters. The van der Waals surface area contributed by atoms with Crippen LogP contribution in [0.4, 0.5) is 5.82 Å². The van der Waals surface area contributed by atoms with E-state index in [-0.39, 0.29) is 0 Å². The first kappa shape index (κ1) is 17.2. The normalized spacial score (nSPS) is 20.5. The number of fused-ring (bicyclic) bond motifs is 1. The van der Waals surface area contributed by atoms with Crippen LogP contribution in [0.5, 0.6) is 0 Å². The summed E-state index contributed by atoms with van der Waals surface area (Å²) in [5.41, 5.74) is 0. The second-order valence-corrected chi connectivity index (χ2v) is 8.53. The number of thiophene rings is 1. The molecular formula is C20H30N4S. The Labute approximate surface area is 155 Å². The van der Waals surface area contributed by atoms with Gasteiger partial charge < -0.3 is 4.90 Å². The topological polar surface area (TPSA) is 32.3 Å². The predicted octanol–water partition coefficient (Wildman–Crippen LogP) is 4.27. The molecule has 0 unspecified atom stereocenters. The van der Waals surface area contributed by atoms with Crippen LogP contribution in [0, 0.1) is 0 Å². The third kappa shape index (κ3) is 3.54. The number of hydrogen-bond acceptors (Lipinski definition) is 5. The monoisotopic (exact) mass is 358 g/mol. The van der Waals surface area contributed by atoms with Gasteiger partial charge in [0.25, 0.3) is 0 Å². The van der Waals surface area contributed by atoms with Crippen molar-refractivity contribution in [2.24, 2.45) is 0 Å². The highest BCUT2D eigenvalue weighted by atomic mass is 32.1. The molecule has 0 spiro atoms. The highest BCUT2D eigenvalue weighted by molar-refractivity contribution is 7.18. The Morgan fingerprint density at radius 3 is 2.44 bits per heavy atom. The van der Waals surface area contributed by atoms with Gasteiger partial charge in [0.15, 0.2) is 0 Å². The van der Waals surface area contributed by atoms with Crippen LogP contribution in [-0.2, 0) is 12.8 Å². The first-order chi connectivity index (χ1) is 12.3. The first-order valence-electron chi connectivity index (χ1n) is 10.1. The van der Waals surface area contributed by atoms with Crippen molar-refractivity contribution in [3.63, 3.8) is 0 Å². The highest BCUT2D eigenvalue weighted by Crippen LogP contribution is 2.32. The molecule has 1 aliphatic carbocycles. The minimum absolute atomic E-state index is 0.834. The van der Waals surface area contributed by atoms with Crippen molar-refractivity contribution in [2.75, 3.05) is 31.1 Å². The summed E-state index contributed by atoms with van der Waals surface area (Å²) in [5.74, 6) is 2.17. The smallest absolute Gasteiger partial charge is 0.141 e. The predicted molar refractivity (Wildman–Crippen MR) is 107 cm³/mol. The molecule has 0 N–H and O–H groups in total. The second-order valence-electron chi connectivity index (χ2n) is 7.42. The van der Waals surface area contributed by atoms with Crippen LogP contribution < -0.4 is 4.90 Å². The number of piperazine rings is 1. The third-order valence-electron chi connectivity index (χ3n) is 5.84. The highest BCUT2D eigenvalue weighted by Gasteiger charge is 2.27. The van der Waals surface area contributed by atoms with Gasteiger partial charge in [0.1, 0.15) is 16.5 Å². The summed E-state index contributed by atoms with van der Waals surface area (Å²) in [4.78, 5) is 17.5. The Bertz CT molecular complexity index is 712. The molecule has 2 aromatic heterocycles. The van der Waals surface area contributed by atoms with Gasteiger partial charge in [-0.1, -0.05) is 33.1 Å². The minimum atomic E-state index is 0.834. The second kappa shape index (κ2) is 7.58. The summed E-state index contributed by atoms with van der Waals surface area (Å²) < 4.78 is 0. The Morgan fingerprint density at radius 1 is 1.00 bits per heavy atom. The molecule has 2 aliphatic rings. The van der Waals surface area contributed by atoms with Crippen molar-refractivity contribution >= 4 is 27.4 Å². The Morgan fingerprint density at radius 2 is 1.76 bits per heavy atom. The molecule has 4 nitrogen and oxygen atoms in total. The zero-order valence-electron chi connectivity index (χ0n) is 15.6. The van der Waals surface area contributed by atoms with Gasteiger partial charge >= 0.3 is 0 Å². The molecule has 0 aromatic carbocycles. The lowest BCUT2D eigenvalue weighted by Crippen LogP contribution is -2.51. The van der Waals surface area contributed by atoms with E-state index in [0.29, 0.717) is 0 Å². The molecule has 136 valence electrons. The number of anilines is 1. The van der Waals surface area contributed by atoms with E-state index >= 15 is 0 Å². The summed E-state index contributed by atoms with van der Waals surface area (Å²) in [7, 11) is 0. The molecule has 1 saturated heterocycles.